The molecule has 0 unspecified atom stereocenters. The second-order valence-electron chi connectivity index (χ2n) is 5.15. The normalized spacial score (nSPS) is 11.0. The monoisotopic (exact) mass is 258 g/mol. The van der Waals surface area contributed by atoms with Gasteiger partial charge in [0, 0.05) is 23.3 Å². The maximum absolute atomic E-state index is 5.43. The van der Waals surface area contributed by atoms with Crippen LogP contribution in [0.1, 0.15) is 26.5 Å². The number of fused-ring (bicyclic) bond motifs is 1. The number of aromatic nitrogens is 1. The van der Waals surface area contributed by atoms with Gasteiger partial charge in [-0.1, -0.05) is 26.0 Å². The molecule has 2 rings (SSSR count). The largest absolute Gasteiger partial charge is 0.494 e. The van der Waals surface area contributed by atoms with Gasteiger partial charge in [-0.2, -0.15) is 0 Å². The van der Waals surface area contributed by atoms with Crippen molar-refractivity contribution < 1.29 is 4.74 Å². The van der Waals surface area contributed by atoms with Gasteiger partial charge in [-0.05, 0) is 31.4 Å². The molecule has 3 nitrogen and oxygen atoms in total. The highest BCUT2D eigenvalue weighted by Gasteiger charge is 2.10. The van der Waals surface area contributed by atoms with E-state index in [0.717, 1.165) is 41.0 Å². The Morgan fingerprint density at radius 3 is 2.74 bits per heavy atom. The fourth-order valence-corrected chi connectivity index (χ4v) is 2.30. The Morgan fingerprint density at radius 2 is 2.11 bits per heavy atom. The van der Waals surface area contributed by atoms with Crippen LogP contribution < -0.4 is 10.1 Å². The van der Waals surface area contributed by atoms with Crippen molar-refractivity contribution in [3.8, 4) is 5.75 Å². The lowest BCUT2D eigenvalue weighted by Crippen LogP contribution is -2.03. The highest BCUT2D eigenvalue weighted by atomic mass is 16.5. The second kappa shape index (κ2) is 5.91. The molecule has 0 saturated carbocycles. The molecular weight excluding hydrogens is 236 g/mol. The van der Waals surface area contributed by atoms with Crippen LogP contribution in [0.25, 0.3) is 10.9 Å². The Labute approximate surface area is 115 Å². The van der Waals surface area contributed by atoms with Gasteiger partial charge < -0.3 is 10.1 Å². The fourth-order valence-electron chi connectivity index (χ4n) is 2.30. The van der Waals surface area contributed by atoms with Crippen molar-refractivity contribution in [2.24, 2.45) is 5.92 Å². The molecule has 1 aromatic carbocycles. The van der Waals surface area contributed by atoms with Crippen molar-refractivity contribution in [3.05, 3.63) is 30.0 Å². The number of para-hydroxylation sites is 1. The van der Waals surface area contributed by atoms with Crippen LogP contribution in [0.2, 0.25) is 0 Å². The zero-order valence-electron chi connectivity index (χ0n) is 12.2. The first-order valence-corrected chi connectivity index (χ1v) is 6.86. The predicted octanol–water partition coefficient (Wildman–Crippen LogP) is 3.87. The topological polar surface area (TPSA) is 34.2 Å². The highest BCUT2D eigenvalue weighted by Crippen LogP contribution is 2.30. The third-order valence-electron chi connectivity index (χ3n) is 3.06. The van der Waals surface area contributed by atoms with Crippen molar-refractivity contribution in [3.63, 3.8) is 0 Å². The Hall–Kier alpha value is -1.77. The standard InChI is InChI=1S/C16H22N2O/c1-5-17-14-10-12(9-11(2)3)18-16-13(14)7-6-8-15(16)19-4/h6-8,10-11H,5,9H2,1-4H3,(H,17,18). The summed E-state index contributed by atoms with van der Waals surface area (Å²) >= 11 is 0. The summed E-state index contributed by atoms with van der Waals surface area (Å²) in [7, 11) is 1.69. The molecule has 0 aliphatic rings. The van der Waals surface area contributed by atoms with E-state index >= 15 is 0 Å². The maximum atomic E-state index is 5.43. The lowest BCUT2D eigenvalue weighted by atomic mass is 10.0. The van der Waals surface area contributed by atoms with E-state index in [9.17, 15) is 0 Å². The van der Waals surface area contributed by atoms with Crippen LogP contribution in [0.15, 0.2) is 24.3 Å². The Morgan fingerprint density at radius 1 is 1.32 bits per heavy atom. The molecule has 19 heavy (non-hydrogen) atoms. The molecule has 0 atom stereocenters. The van der Waals surface area contributed by atoms with E-state index in [4.69, 9.17) is 9.72 Å². The van der Waals surface area contributed by atoms with Crippen LogP contribution in [-0.2, 0) is 6.42 Å². The van der Waals surface area contributed by atoms with E-state index < -0.39 is 0 Å². The van der Waals surface area contributed by atoms with Crippen molar-refractivity contribution >= 4 is 16.6 Å². The van der Waals surface area contributed by atoms with Gasteiger partial charge in [0.2, 0.25) is 0 Å². The van der Waals surface area contributed by atoms with Gasteiger partial charge >= 0.3 is 0 Å². The van der Waals surface area contributed by atoms with Crippen molar-refractivity contribution in [1.29, 1.82) is 0 Å². The number of benzene rings is 1. The summed E-state index contributed by atoms with van der Waals surface area (Å²) in [5.74, 6) is 1.43. The molecule has 3 heteroatoms. The van der Waals surface area contributed by atoms with Crippen molar-refractivity contribution in [2.45, 2.75) is 27.2 Å². The van der Waals surface area contributed by atoms with Crippen LogP contribution in [0.4, 0.5) is 5.69 Å². The number of rotatable bonds is 5. The molecular formula is C16H22N2O. The molecule has 0 fully saturated rings. The van der Waals surface area contributed by atoms with Crippen LogP contribution in [0.3, 0.4) is 0 Å². The summed E-state index contributed by atoms with van der Waals surface area (Å²) in [5, 5.41) is 4.54. The van der Waals surface area contributed by atoms with E-state index in [-0.39, 0.29) is 0 Å². The van der Waals surface area contributed by atoms with Gasteiger partial charge in [-0.15, -0.1) is 0 Å². The van der Waals surface area contributed by atoms with Crippen LogP contribution in [-0.4, -0.2) is 18.6 Å². The molecule has 0 saturated heterocycles. The van der Waals surface area contributed by atoms with Gasteiger partial charge in [0.1, 0.15) is 11.3 Å². The first-order valence-electron chi connectivity index (χ1n) is 6.86. The van der Waals surface area contributed by atoms with E-state index in [1.54, 1.807) is 7.11 Å². The van der Waals surface area contributed by atoms with Gasteiger partial charge in [0.25, 0.3) is 0 Å². The molecule has 0 bridgehead atoms. The lowest BCUT2D eigenvalue weighted by Gasteiger charge is -2.13. The Balaban J connectivity index is 2.61. The van der Waals surface area contributed by atoms with Gasteiger partial charge in [0.15, 0.2) is 0 Å². The van der Waals surface area contributed by atoms with E-state index in [1.165, 1.54) is 0 Å². The predicted molar refractivity (Wildman–Crippen MR) is 81.0 cm³/mol. The quantitative estimate of drug-likeness (QED) is 0.884. The number of anilines is 1. The number of hydrogen-bond acceptors (Lipinski definition) is 3. The molecule has 1 N–H and O–H groups in total. The highest BCUT2D eigenvalue weighted by molar-refractivity contribution is 5.95. The van der Waals surface area contributed by atoms with Crippen LogP contribution >= 0.6 is 0 Å². The first kappa shape index (κ1) is 13.7. The smallest absolute Gasteiger partial charge is 0.145 e. The molecule has 0 aliphatic carbocycles. The summed E-state index contributed by atoms with van der Waals surface area (Å²) in [4.78, 5) is 4.76. The number of ether oxygens (including phenoxy) is 1. The third-order valence-corrected chi connectivity index (χ3v) is 3.06. The summed E-state index contributed by atoms with van der Waals surface area (Å²) < 4.78 is 5.43. The van der Waals surface area contributed by atoms with Gasteiger partial charge in [-0.25, -0.2) is 4.98 Å². The Kier molecular flexibility index (Phi) is 4.25. The average Bonchev–Trinajstić information content (AvgIpc) is 2.37. The van der Waals surface area contributed by atoms with Crippen LogP contribution in [0.5, 0.6) is 5.75 Å². The minimum Gasteiger partial charge on any atom is -0.494 e. The molecule has 1 heterocycles. The molecule has 2 aromatic rings. The molecule has 102 valence electrons. The van der Waals surface area contributed by atoms with E-state index in [1.807, 2.05) is 12.1 Å². The molecule has 0 spiro atoms. The zero-order valence-corrected chi connectivity index (χ0v) is 12.2. The van der Waals surface area contributed by atoms with E-state index in [0.29, 0.717) is 5.92 Å². The Bertz CT molecular complexity index is 564. The first-order chi connectivity index (χ1) is 9.15. The van der Waals surface area contributed by atoms with Crippen molar-refractivity contribution in [1.82, 2.24) is 4.98 Å². The SMILES string of the molecule is CCNc1cc(CC(C)C)nc2c(OC)cccc12. The number of nitrogens with one attached hydrogen (secondary N) is 1. The summed E-state index contributed by atoms with van der Waals surface area (Å²) in [6, 6.07) is 8.21. The fraction of sp³-hybridized carbons (Fsp3) is 0.438. The van der Waals surface area contributed by atoms with Gasteiger partial charge in [-0.3, -0.25) is 0 Å². The van der Waals surface area contributed by atoms with Gasteiger partial charge in [0.05, 0.1) is 7.11 Å². The zero-order chi connectivity index (χ0) is 13.8. The van der Waals surface area contributed by atoms with Crippen molar-refractivity contribution in [2.75, 3.05) is 19.0 Å². The molecule has 1 aromatic heterocycles. The minimum atomic E-state index is 0.592. The minimum absolute atomic E-state index is 0.592. The number of hydrogen-bond donors (Lipinski definition) is 1. The number of pyridine rings is 1. The summed E-state index contributed by atoms with van der Waals surface area (Å²) in [5.41, 5.74) is 3.20. The second-order valence-corrected chi connectivity index (χ2v) is 5.15. The lowest BCUT2D eigenvalue weighted by molar-refractivity contribution is 0.418. The number of methoxy groups -OCH3 is 1. The average molecular weight is 258 g/mol. The molecule has 0 aliphatic heterocycles. The third kappa shape index (κ3) is 2.98. The molecule has 0 amide bonds. The maximum Gasteiger partial charge on any atom is 0.145 e. The molecule has 0 radical (unpaired) electrons. The summed E-state index contributed by atoms with van der Waals surface area (Å²) in [6.07, 6.45) is 0.979. The van der Waals surface area contributed by atoms with E-state index in [2.05, 4.69) is 38.2 Å². The number of nitrogens with zero attached hydrogens (tertiary/aromatic N) is 1. The van der Waals surface area contributed by atoms with Crippen LogP contribution in [0, 0.1) is 5.92 Å². The summed E-state index contributed by atoms with van der Waals surface area (Å²) in [6.45, 7) is 7.42.